The highest BCUT2D eigenvalue weighted by molar-refractivity contribution is 7.80. The molecule has 3 aromatic carbocycles. The van der Waals surface area contributed by atoms with Gasteiger partial charge in [0.2, 0.25) is 0 Å². The lowest BCUT2D eigenvalue weighted by Crippen LogP contribution is -2.09. The van der Waals surface area contributed by atoms with Crippen LogP contribution < -0.4 is 0 Å². The van der Waals surface area contributed by atoms with E-state index in [0.717, 1.165) is 17.1 Å². The van der Waals surface area contributed by atoms with Crippen molar-refractivity contribution in [1.82, 2.24) is 0 Å². The molecule has 0 saturated carbocycles. The summed E-state index contributed by atoms with van der Waals surface area (Å²) in [7, 11) is 0. The minimum atomic E-state index is -0.419. The zero-order valence-electron chi connectivity index (χ0n) is 20.4. The first-order valence-electron chi connectivity index (χ1n) is 11.3. The number of esters is 2. The summed E-state index contributed by atoms with van der Waals surface area (Å²) in [5, 5.41) is 0. The van der Waals surface area contributed by atoms with Gasteiger partial charge >= 0.3 is 11.9 Å². The summed E-state index contributed by atoms with van der Waals surface area (Å²) in [5.41, 5.74) is 4.68. The number of carbonyl (C=O) groups is 2. The topological polar surface area (TPSA) is 52.6 Å². The third kappa shape index (κ3) is 13.4. The molecular formula is C28H34O4S3. The molecule has 0 radical (unpaired) electrons. The van der Waals surface area contributed by atoms with Gasteiger partial charge in [0.1, 0.15) is 6.61 Å². The van der Waals surface area contributed by atoms with E-state index in [0.29, 0.717) is 23.5 Å². The largest absolute Gasteiger partial charge is 0.462 e. The standard InChI is InChI=1S/C13H16O4S.C8H10S.C7H8S/c1-2-7-16-12(14)10-3-5-11(6-4-10)13(15)17-8-9-18;1-7-2-4-8(6-9)5-3-7;1-6-3-2-4-7(8)5-6/h3-6,18H,2,7-9H2,1H3;2-5,9H,6H2,1H3;2-5,8H,1H3. The molecule has 0 aliphatic rings. The van der Waals surface area contributed by atoms with Gasteiger partial charge in [0.15, 0.2) is 0 Å². The van der Waals surface area contributed by atoms with Crippen LogP contribution in [0.1, 0.15) is 50.8 Å². The van der Waals surface area contributed by atoms with E-state index in [1.165, 1.54) is 16.7 Å². The summed E-state index contributed by atoms with van der Waals surface area (Å²) in [6.07, 6.45) is 0.778. The van der Waals surface area contributed by atoms with E-state index in [4.69, 9.17) is 9.47 Å². The number of rotatable bonds is 7. The van der Waals surface area contributed by atoms with Crippen molar-refractivity contribution in [2.75, 3.05) is 19.0 Å². The number of carbonyl (C=O) groups excluding carboxylic acids is 2. The molecule has 3 rings (SSSR count). The van der Waals surface area contributed by atoms with Crippen LogP contribution in [0.4, 0.5) is 0 Å². The van der Waals surface area contributed by atoms with Gasteiger partial charge in [0.25, 0.3) is 0 Å². The molecule has 188 valence electrons. The fourth-order valence-electron chi connectivity index (χ4n) is 2.56. The first-order chi connectivity index (χ1) is 16.8. The minimum absolute atomic E-state index is 0.266. The molecule has 0 aliphatic heterocycles. The van der Waals surface area contributed by atoms with Crippen molar-refractivity contribution in [3.05, 3.63) is 101 Å². The van der Waals surface area contributed by atoms with Crippen molar-refractivity contribution >= 4 is 49.8 Å². The van der Waals surface area contributed by atoms with Crippen molar-refractivity contribution < 1.29 is 19.1 Å². The number of hydrogen-bond acceptors (Lipinski definition) is 7. The molecule has 0 unspecified atom stereocenters. The van der Waals surface area contributed by atoms with Gasteiger partial charge in [-0.05, 0) is 62.2 Å². The summed E-state index contributed by atoms with van der Waals surface area (Å²) in [4.78, 5) is 24.0. The number of benzene rings is 3. The molecule has 0 amide bonds. The second-order valence-corrected chi connectivity index (χ2v) is 8.84. The highest BCUT2D eigenvalue weighted by Gasteiger charge is 2.10. The SMILES string of the molecule is CCCOC(=O)c1ccc(C(=O)OCCS)cc1.Cc1ccc(CS)cc1.Cc1cccc(S)c1. The van der Waals surface area contributed by atoms with Crippen molar-refractivity contribution in [3.63, 3.8) is 0 Å². The van der Waals surface area contributed by atoms with Gasteiger partial charge in [-0.1, -0.05) is 54.4 Å². The molecule has 0 aromatic heterocycles. The van der Waals surface area contributed by atoms with E-state index in [1.807, 2.05) is 25.1 Å². The van der Waals surface area contributed by atoms with Crippen LogP contribution in [-0.2, 0) is 15.2 Å². The summed E-state index contributed by atoms with van der Waals surface area (Å²) in [6.45, 7) is 6.72. The molecule has 0 atom stereocenters. The average molecular weight is 531 g/mol. The lowest BCUT2D eigenvalue weighted by molar-refractivity contribution is 0.0498. The third-order valence-electron chi connectivity index (χ3n) is 4.42. The van der Waals surface area contributed by atoms with Gasteiger partial charge in [-0.25, -0.2) is 9.59 Å². The second kappa shape index (κ2) is 18.0. The Morgan fingerprint density at radius 1 is 0.743 bits per heavy atom. The molecule has 4 nitrogen and oxygen atoms in total. The molecular weight excluding hydrogens is 497 g/mol. The smallest absolute Gasteiger partial charge is 0.338 e. The van der Waals surface area contributed by atoms with Gasteiger partial charge in [0, 0.05) is 16.4 Å². The number of ether oxygens (including phenoxy) is 2. The Bertz CT molecular complexity index is 963. The second-order valence-electron chi connectivity index (χ2n) is 7.56. The maximum Gasteiger partial charge on any atom is 0.338 e. The summed E-state index contributed by atoms with van der Waals surface area (Å²) >= 11 is 12.2. The Labute approximate surface area is 225 Å². The number of aryl methyl sites for hydroxylation is 2. The van der Waals surface area contributed by atoms with Crippen molar-refractivity contribution in [2.45, 2.75) is 37.8 Å². The fraction of sp³-hybridized carbons (Fsp3) is 0.286. The highest BCUT2D eigenvalue weighted by atomic mass is 32.1. The predicted molar refractivity (Wildman–Crippen MR) is 153 cm³/mol. The summed E-state index contributed by atoms with van der Waals surface area (Å²) in [5.74, 6) is 0.512. The van der Waals surface area contributed by atoms with Gasteiger partial charge < -0.3 is 9.47 Å². The van der Waals surface area contributed by atoms with Crippen LogP contribution in [0.5, 0.6) is 0 Å². The average Bonchev–Trinajstić information content (AvgIpc) is 2.87. The quantitative estimate of drug-likeness (QED) is 0.226. The van der Waals surface area contributed by atoms with Gasteiger partial charge in [-0.3, -0.25) is 0 Å². The maximum absolute atomic E-state index is 11.5. The molecule has 0 bridgehead atoms. The van der Waals surface area contributed by atoms with E-state index in [1.54, 1.807) is 24.3 Å². The molecule has 0 fully saturated rings. The third-order valence-corrected chi connectivity index (χ3v) is 5.25. The van der Waals surface area contributed by atoms with Crippen LogP contribution in [0, 0.1) is 13.8 Å². The summed E-state index contributed by atoms with van der Waals surface area (Å²) in [6, 6.07) is 22.6. The number of hydrogen-bond donors (Lipinski definition) is 3. The van der Waals surface area contributed by atoms with Gasteiger partial charge in [-0.15, -0.1) is 12.6 Å². The lowest BCUT2D eigenvalue weighted by atomic mass is 10.1. The van der Waals surface area contributed by atoms with Gasteiger partial charge in [0.05, 0.1) is 17.7 Å². The Kier molecular flexibility index (Phi) is 15.8. The van der Waals surface area contributed by atoms with Crippen LogP contribution >= 0.6 is 37.9 Å². The normalized spacial score (nSPS) is 9.66. The zero-order chi connectivity index (χ0) is 26.1. The number of thiol groups is 3. The first kappa shape index (κ1) is 30.7. The highest BCUT2D eigenvalue weighted by Crippen LogP contribution is 2.08. The van der Waals surface area contributed by atoms with Crippen LogP contribution in [0.25, 0.3) is 0 Å². The Morgan fingerprint density at radius 3 is 1.69 bits per heavy atom. The first-order valence-corrected chi connectivity index (χ1v) is 13.0. The van der Waals surface area contributed by atoms with Crippen molar-refractivity contribution in [1.29, 1.82) is 0 Å². The molecule has 3 aromatic rings. The van der Waals surface area contributed by atoms with Gasteiger partial charge in [-0.2, -0.15) is 25.3 Å². The van der Waals surface area contributed by atoms with Crippen LogP contribution in [0.2, 0.25) is 0 Å². The monoisotopic (exact) mass is 530 g/mol. The van der Waals surface area contributed by atoms with E-state index < -0.39 is 5.97 Å². The van der Waals surface area contributed by atoms with E-state index in [2.05, 4.69) is 82.1 Å². The fourth-order valence-corrected chi connectivity index (χ4v) is 3.16. The summed E-state index contributed by atoms with van der Waals surface area (Å²) < 4.78 is 9.89. The van der Waals surface area contributed by atoms with E-state index in [9.17, 15) is 9.59 Å². The van der Waals surface area contributed by atoms with Crippen molar-refractivity contribution in [3.8, 4) is 0 Å². The molecule has 0 heterocycles. The Morgan fingerprint density at radius 2 is 1.29 bits per heavy atom. The molecule has 0 aliphatic carbocycles. The molecule has 0 saturated heterocycles. The molecule has 0 N–H and O–H groups in total. The Balaban J connectivity index is 0.000000298. The zero-order valence-corrected chi connectivity index (χ0v) is 23.1. The predicted octanol–water partition coefficient (Wildman–Crippen LogP) is 7.05. The minimum Gasteiger partial charge on any atom is -0.462 e. The lowest BCUT2D eigenvalue weighted by Gasteiger charge is -2.05. The molecule has 7 heteroatoms. The van der Waals surface area contributed by atoms with Crippen LogP contribution in [-0.4, -0.2) is 30.9 Å². The van der Waals surface area contributed by atoms with Crippen LogP contribution in [0.3, 0.4) is 0 Å². The van der Waals surface area contributed by atoms with Crippen molar-refractivity contribution in [2.24, 2.45) is 0 Å². The Hall–Kier alpha value is -2.35. The van der Waals surface area contributed by atoms with E-state index in [-0.39, 0.29) is 12.6 Å². The molecule has 35 heavy (non-hydrogen) atoms. The molecule has 0 spiro atoms. The maximum atomic E-state index is 11.5. The van der Waals surface area contributed by atoms with Crippen LogP contribution in [0.15, 0.2) is 77.7 Å². The van der Waals surface area contributed by atoms with E-state index >= 15 is 0 Å².